The number of anilines is 1. The Morgan fingerprint density at radius 1 is 1.15 bits per heavy atom. The van der Waals surface area contributed by atoms with E-state index in [2.05, 4.69) is 6.92 Å². The zero-order valence-electron chi connectivity index (χ0n) is 20.4. The highest BCUT2D eigenvalue weighted by atomic mass is 32.2. The minimum Gasteiger partial charge on any atom is -0.381 e. The molecule has 34 heavy (non-hydrogen) atoms. The van der Waals surface area contributed by atoms with Crippen LogP contribution in [0.2, 0.25) is 0 Å². The Bertz CT molecular complexity index is 1320. The second kappa shape index (κ2) is 10.2. The first-order valence-corrected chi connectivity index (χ1v) is 14.3. The number of rotatable bonds is 8. The molecule has 0 aliphatic carbocycles. The summed E-state index contributed by atoms with van der Waals surface area (Å²) in [5, 5.41) is 0. The molecule has 0 atom stereocenters. The maximum absolute atomic E-state index is 13.8. The fourth-order valence-electron chi connectivity index (χ4n) is 4.60. The van der Waals surface area contributed by atoms with E-state index in [1.165, 1.54) is 9.87 Å². The summed E-state index contributed by atoms with van der Waals surface area (Å²) in [6.45, 7) is 10.6. The first-order chi connectivity index (χ1) is 16.2. The predicted molar refractivity (Wildman–Crippen MR) is 140 cm³/mol. The van der Waals surface area contributed by atoms with E-state index in [1.54, 1.807) is 22.8 Å². The van der Waals surface area contributed by atoms with Gasteiger partial charge in [-0.05, 0) is 79.5 Å². The number of hydrogen-bond donors (Lipinski definition) is 0. The fourth-order valence-corrected chi connectivity index (χ4v) is 7.26. The molecule has 0 amide bonds. The minimum atomic E-state index is -3.80. The molecule has 1 saturated heterocycles. The summed E-state index contributed by atoms with van der Waals surface area (Å²) in [6.07, 6.45) is 2.79. The van der Waals surface area contributed by atoms with Crippen molar-refractivity contribution in [3.8, 4) is 0 Å². The van der Waals surface area contributed by atoms with E-state index < -0.39 is 10.0 Å². The Morgan fingerprint density at radius 3 is 2.53 bits per heavy atom. The van der Waals surface area contributed by atoms with Gasteiger partial charge in [-0.1, -0.05) is 38.2 Å². The van der Waals surface area contributed by atoms with Crippen LogP contribution < -0.4 is 9.18 Å². The van der Waals surface area contributed by atoms with Crippen LogP contribution >= 0.6 is 11.3 Å². The molecule has 8 heteroatoms. The predicted octanol–water partition coefficient (Wildman–Crippen LogP) is 5.21. The van der Waals surface area contributed by atoms with E-state index in [4.69, 9.17) is 4.74 Å². The molecule has 0 saturated carbocycles. The lowest BCUT2D eigenvalue weighted by atomic mass is 10.0. The second-order valence-corrected chi connectivity index (χ2v) is 12.4. The van der Waals surface area contributed by atoms with Crippen LogP contribution in [-0.4, -0.2) is 32.7 Å². The van der Waals surface area contributed by atoms with E-state index in [0.717, 1.165) is 54.9 Å². The Balaban J connectivity index is 1.71. The zero-order valence-corrected chi connectivity index (χ0v) is 22.0. The number of fused-ring (bicyclic) bond motifs is 1. The first kappa shape index (κ1) is 24.9. The molecule has 2 heterocycles. The molecule has 6 nitrogen and oxygen atoms in total. The Morgan fingerprint density at radius 2 is 1.88 bits per heavy atom. The first-order valence-electron chi connectivity index (χ1n) is 12.0. The Kier molecular flexibility index (Phi) is 7.50. The highest BCUT2D eigenvalue weighted by Gasteiger charge is 2.27. The number of benzene rings is 2. The average molecular weight is 503 g/mol. The molecule has 0 spiro atoms. The highest BCUT2D eigenvalue weighted by molar-refractivity contribution is 7.92. The Hall–Kier alpha value is -2.16. The molecule has 0 N–H and O–H groups in total. The van der Waals surface area contributed by atoms with Crippen LogP contribution in [0.1, 0.15) is 44.7 Å². The van der Waals surface area contributed by atoms with Crippen molar-refractivity contribution in [2.24, 2.45) is 11.8 Å². The van der Waals surface area contributed by atoms with Gasteiger partial charge in [-0.2, -0.15) is 0 Å². The van der Waals surface area contributed by atoms with E-state index in [1.807, 2.05) is 39.0 Å². The third kappa shape index (κ3) is 5.09. The van der Waals surface area contributed by atoms with Crippen molar-refractivity contribution < 1.29 is 13.2 Å². The minimum absolute atomic E-state index is 0.0409. The monoisotopic (exact) mass is 502 g/mol. The van der Waals surface area contributed by atoms with Crippen LogP contribution in [0.25, 0.3) is 10.2 Å². The van der Waals surface area contributed by atoms with Gasteiger partial charge in [-0.25, -0.2) is 8.42 Å². The van der Waals surface area contributed by atoms with Gasteiger partial charge < -0.3 is 4.74 Å². The van der Waals surface area contributed by atoms with Gasteiger partial charge in [0, 0.05) is 26.3 Å². The second-order valence-electron chi connectivity index (χ2n) is 9.56. The molecular formula is C26H34N2O4S2. The van der Waals surface area contributed by atoms with Crippen LogP contribution in [0, 0.1) is 18.8 Å². The normalized spacial score (nSPS) is 15.3. The van der Waals surface area contributed by atoms with Gasteiger partial charge in [-0.3, -0.25) is 13.7 Å². The molecular weight excluding hydrogens is 468 g/mol. The molecule has 4 rings (SSSR count). The number of aromatic nitrogens is 1. The van der Waals surface area contributed by atoms with Gasteiger partial charge in [0.25, 0.3) is 10.0 Å². The van der Waals surface area contributed by atoms with Crippen molar-refractivity contribution in [3.63, 3.8) is 0 Å². The van der Waals surface area contributed by atoms with E-state index in [-0.39, 0.29) is 15.7 Å². The zero-order chi connectivity index (χ0) is 24.5. The number of thiazole rings is 1. The van der Waals surface area contributed by atoms with Crippen molar-refractivity contribution in [1.29, 1.82) is 0 Å². The SMILES string of the molecule is CCc1ccc(N(CC(C)C)S(=O)(=O)c2ccc3c(c2)sc(=O)n3CC2CCOCC2)cc1C. The number of nitrogens with zero attached hydrogens (tertiary/aromatic N) is 2. The molecule has 0 bridgehead atoms. The third-order valence-electron chi connectivity index (χ3n) is 6.54. The topological polar surface area (TPSA) is 68.6 Å². The largest absolute Gasteiger partial charge is 0.381 e. The lowest BCUT2D eigenvalue weighted by molar-refractivity contribution is 0.0614. The molecule has 1 aromatic heterocycles. The van der Waals surface area contributed by atoms with Crippen LogP contribution in [0.4, 0.5) is 5.69 Å². The number of sulfonamides is 1. The third-order valence-corrected chi connectivity index (χ3v) is 9.27. The molecule has 1 fully saturated rings. The molecule has 184 valence electrons. The smallest absolute Gasteiger partial charge is 0.308 e. The van der Waals surface area contributed by atoms with E-state index >= 15 is 0 Å². The molecule has 2 aromatic carbocycles. The maximum atomic E-state index is 13.8. The van der Waals surface area contributed by atoms with Crippen LogP contribution in [0.3, 0.4) is 0 Å². The van der Waals surface area contributed by atoms with E-state index in [0.29, 0.717) is 29.4 Å². The molecule has 1 aliphatic rings. The molecule has 0 unspecified atom stereocenters. The summed E-state index contributed by atoms with van der Waals surface area (Å²) in [5.74, 6) is 0.560. The van der Waals surface area contributed by atoms with Crippen molar-refractivity contribution in [2.45, 2.75) is 58.4 Å². The van der Waals surface area contributed by atoms with E-state index in [9.17, 15) is 13.2 Å². The maximum Gasteiger partial charge on any atom is 0.308 e. The summed E-state index contributed by atoms with van der Waals surface area (Å²) >= 11 is 1.12. The van der Waals surface area contributed by atoms with Crippen molar-refractivity contribution >= 4 is 37.3 Å². The number of hydrogen-bond acceptors (Lipinski definition) is 5. The summed E-state index contributed by atoms with van der Waals surface area (Å²) < 4.78 is 37.1. The quantitative estimate of drug-likeness (QED) is 0.424. The van der Waals surface area contributed by atoms with Crippen molar-refractivity contribution in [2.75, 3.05) is 24.1 Å². The fraction of sp³-hybridized carbons (Fsp3) is 0.500. The summed E-state index contributed by atoms with van der Waals surface area (Å²) in [4.78, 5) is 12.9. The average Bonchev–Trinajstić information content (AvgIpc) is 3.12. The highest BCUT2D eigenvalue weighted by Crippen LogP contribution is 2.30. The van der Waals surface area contributed by atoms with Crippen LogP contribution in [-0.2, 0) is 27.7 Å². The molecule has 1 aliphatic heterocycles. The van der Waals surface area contributed by atoms with Gasteiger partial charge in [0.05, 0.1) is 20.8 Å². The van der Waals surface area contributed by atoms with Crippen LogP contribution in [0.5, 0.6) is 0 Å². The van der Waals surface area contributed by atoms with Gasteiger partial charge >= 0.3 is 4.87 Å². The van der Waals surface area contributed by atoms with Crippen LogP contribution in [0.15, 0.2) is 46.1 Å². The molecule has 0 radical (unpaired) electrons. The van der Waals surface area contributed by atoms with Gasteiger partial charge in [0.1, 0.15) is 0 Å². The Labute approximate surface area is 206 Å². The van der Waals surface area contributed by atoms with Crippen molar-refractivity contribution in [1.82, 2.24) is 4.57 Å². The van der Waals surface area contributed by atoms with Gasteiger partial charge in [0.15, 0.2) is 0 Å². The lowest BCUT2D eigenvalue weighted by Gasteiger charge is -2.27. The summed E-state index contributed by atoms with van der Waals surface area (Å²) in [6, 6.07) is 11.0. The lowest BCUT2D eigenvalue weighted by Crippen LogP contribution is -2.34. The summed E-state index contributed by atoms with van der Waals surface area (Å²) in [7, 11) is -3.80. The van der Waals surface area contributed by atoms with Gasteiger partial charge in [-0.15, -0.1) is 0 Å². The number of ether oxygens (including phenoxy) is 1. The molecule has 3 aromatic rings. The van der Waals surface area contributed by atoms with Crippen molar-refractivity contribution in [3.05, 3.63) is 57.2 Å². The standard InChI is InChI=1S/C26H34N2O4S2/c1-5-21-6-7-22(14-19(21)4)28(16-18(2)3)34(30,31)23-8-9-24-25(15-23)33-26(29)27(24)17-20-10-12-32-13-11-20/h6-9,14-15,18,20H,5,10-13,16-17H2,1-4H3. The number of aryl methyl sites for hydroxylation is 2. The van der Waals surface area contributed by atoms with Gasteiger partial charge in [0.2, 0.25) is 0 Å². The summed E-state index contributed by atoms with van der Waals surface area (Å²) in [5.41, 5.74) is 3.78.